The summed E-state index contributed by atoms with van der Waals surface area (Å²) in [5, 5.41) is 40.5. The molecule has 1 aliphatic rings. The van der Waals surface area contributed by atoms with Crippen LogP contribution in [-0.2, 0) is 49.5 Å². The van der Waals surface area contributed by atoms with Crippen LogP contribution in [0.5, 0.6) is 0 Å². The highest BCUT2D eigenvalue weighted by Gasteiger charge is 2.28. The molecule has 1 aromatic rings. The van der Waals surface area contributed by atoms with Crippen molar-refractivity contribution in [2.45, 2.75) is 25.3 Å². The minimum Gasteiger partial charge on any atom is -0.480 e. The summed E-state index contributed by atoms with van der Waals surface area (Å²) in [6.45, 7) is -3.01. The van der Waals surface area contributed by atoms with Crippen LogP contribution < -0.4 is 5.32 Å². The summed E-state index contributed by atoms with van der Waals surface area (Å²) >= 11 is 0. The summed E-state index contributed by atoms with van der Waals surface area (Å²) < 4.78 is 4.59. The fourth-order valence-corrected chi connectivity index (χ4v) is 4.90. The van der Waals surface area contributed by atoms with Crippen molar-refractivity contribution < 1.29 is 63.5 Å². The van der Waals surface area contributed by atoms with Crippen molar-refractivity contribution in [3.63, 3.8) is 0 Å². The zero-order chi connectivity index (χ0) is 35.8. The number of aliphatic carboxylic acids is 4. The maximum absolute atomic E-state index is 12.4. The molecule has 1 aliphatic heterocycles. The Bertz CT molecular complexity index is 1350. The van der Waals surface area contributed by atoms with Gasteiger partial charge in [0.2, 0.25) is 5.91 Å². The molecule has 1 heterocycles. The minimum atomic E-state index is -1.32. The van der Waals surface area contributed by atoms with E-state index in [2.05, 4.69) is 10.1 Å². The number of nitrogens with one attached hydrogen (secondary N) is 1. The SMILES string of the molecule is COC(=O)CN(CCN(CC(=O)O)C[C@@H](Cc1ccc(NC(=O)CCCN2C(=O)C=CC2=O)cc1)N(CC(=O)O)CC(=O)O)CC(=O)O. The normalized spacial score (nSPS) is 13.3. The Balaban J connectivity index is 2.17. The van der Waals surface area contributed by atoms with Crippen LogP contribution in [0.3, 0.4) is 0 Å². The van der Waals surface area contributed by atoms with Gasteiger partial charge in [0.15, 0.2) is 0 Å². The average Bonchev–Trinajstić information content (AvgIpc) is 3.31. The van der Waals surface area contributed by atoms with Gasteiger partial charge in [-0.25, -0.2) is 0 Å². The first-order valence-electron chi connectivity index (χ1n) is 14.7. The Morgan fingerprint density at radius 2 is 1.29 bits per heavy atom. The molecule has 0 saturated carbocycles. The van der Waals surface area contributed by atoms with Gasteiger partial charge < -0.3 is 30.5 Å². The molecular formula is C30H39N5O13. The predicted molar refractivity (Wildman–Crippen MR) is 165 cm³/mol. The molecule has 0 fully saturated rings. The first kappa shape index (κ1) is 39.0. The standard InChI is InChI=1S/C30H39N5O13/c1-48-30(47)19-33(16-27(41)42)12-11-32(15-26(39)40)14-22(34(17-28(43)44)18-29(45)46)13-20-4-6-21(7-5-20)31-23(36)3-2-10-35-24(37)8-9-25(35)38/h4-9,22H,2-3,10-19H2,1H3,(H,31,36)(H,39,40)(H,41,42)(H,43,44)(H,45,46)/t22-/m1/s1. The van der Waals surface area contributed by atoms with E-state index < -0.39 is 73.9 Å². The minimum absolute atomic E-state index is 0.0309. The zero-order valence-corrected chi connectivity index (χ0v) is 26.3. The Kier molecular flexibility index (Phi) is 15.8. The summed E-state index contributed by atoms with van der Waals surface area (Å²) in [5.41, 5.74) is 1.02. The van der Waals surface area contributed by atoms with Gasteiger partial charge in [0.25, 0.3) is 11.8 Å². The van der Waals surface area contributed by atoms with Gasteiger partial charge in [-0.15, -0.1) is 0 Å². The summed E-state index contributed by atoms with van der Waals surface area (Å²) in [5.74, 6) is -7.06. The molecule has 262 valence electrons. The number of esters is 1. The van der Waals surface area contributed by atoms with Crippen molar-refractivity contribution >= 4 is 53.3 Å². The van der Waals surface area contributed by atoms with Gasteiger partial charge in [0.1, 0.15) is 0 Å². The summed E-state index contributed by atoms with van der Waals surface area (Å²) in [6, 6.07) is 5.55. The van der Waals surface area contributed by atoms with Crippen molar-refractivity contribution in [2.75, 3.05) is 71.3 Å². The van der Waals surface area contributed by atoms with Crippen LogP contribution in [-0.4, -0.2) is 160 Å². The molecule has 0 aliphatic carbocycles. The van der Waals surface area contributed by atoms with Crippen LogP contribution in [0.2, 0.25) is 0 Å². The molecule has 0 aromatic heterocycles. The number of amides is 3. The number of carboxylic acids is 4. The Hall–Kier alpha value is -5.20. The largest absolute Gasteiger partial charge is 0.480 e. The Morgan fingerprint density at radius 3 is 1.81 bits per heavy atom. The summed E-state index contributed by atoms with van der Waals surface area (Å²) in [4.78, 5) is 98.6. The quantitative estimate of drug-likeness (QED) is 0.0664. The number of carbonyl (C=O) groups excluding carboxylic acids is 4. The maximum Gasteiger partial charge on any atom is 0.319 e. The molecule has 3 amide bonds. The number of rotatable bonds is 23. The zero-order valence-electron chi connectivity index (χ0n) is 26.3. The van der Waals surface area contributed by atoms with Crippen LogP contribution in [0.15, 0.2) is 36.4 Å². The molecule has 1 aromatic carbocycles. The second kappa shape index (κ2) is 19.5. The lowest BCUT2D eigenvalue weighted by molar-refractivity contribution is -0.145. The molecule has 0 saturated heterocycles. The molecule has 2 rings (SSSR count). The van der Waals surface area contributed by atoms with Crippen molar-refractivity contribution in [1.82, 2.24) is 19.6 Å². The van der Waals surface area contributed by atoms with E-state index >= 15 is 0 Å². The van der Waals surface area contributed by atoms with Crippen LogP contribution in [0.1, 0.15) is 18.4 Å². The van der Waals surface area contributed by atoms with Crippen LogP contribution >= 0.6 is 0 Å². The molecule has 18 nitrogen and oxygen atoms in total. The van der Waals surface area contributed by atoms with E-state index in [4.69, 9.17) is 0 Å². The lowest BCUT2D eigenvalue weighted by atomic mass is 10.0. The monoisotopic (exact) mass is 677 g/mol. The van der Waals surface area contributed by atoms with Crippen molar-refractivity contribution in [1.29, 1.82) is 0 Å². The second-order valence-electron chi connectivity index (χ2n) is 10.9. The van der Waals surface area contributed by atoms with Gasteiger partial charge in [0.05, 0.1) is 39.8 Å². The maximum atomic E-state index is 12.4. The molecule has 0 unspecified atom stereocenters. The number of benzene rings is 1. The van der Waals surface area contributed by atoms with Gasteiger partial charge in [-0.05, 0) is 30.5 Å². The molecule has 0 spiro atoms. The van der Waals surface area contributed by atoms with Crippen molar-refractivity contribution in [3.05, 3.63) is 42.0 Å². The van der Waals surface area contributed by atoms with Crippen molar-refractivity contribution in [3.8, 4) is 0 Å². The van der Waals surface area contributed by atoms with Crippen LogP contribution in [0, 0.1) is 0 Å². The Labute approximate surface area is 275 Å². The molecule has 48 heavy (non-hydrogen) atoms. The number of carboxylic acid groups (broad SMARTS) is 4. The highest BCUT2D eigenvalue weighted by molar-refractivity contribution is 6.12. The first-order chi connectivity index (χ1) is 22.7. The molecule has 1 atom stereocenters. The third-order valence-corrected chi connectivity index (χ3v) is 7.09. The van der Waals surface area contributed by atoms with E-state index in [1.807, 2.05) is 0 Å². The van der Waals surface area contributed by atoms with Gasteiger partial charge in [-0.1, -0.05) is 12.1 Å². The highest BCUT2D eigenvalue weighted by atomic mass is 16.5. The number of anilines is 1. The number of hydrogen-bond acceptors (Lipinski definition) is 12. The van der Waals surface area contributed by atoms with E-state index in [1.165, 1.54) is 14.7 Å². The number of carbonyl (C=O) groups is 8. The molecule has 5 N–H and O–H groups in total. The lowest BCUT2D eigenvalue weighted by Gasteiger charge is -2.34. The number of imide groups is 1. The molecule has 0 bridgehead atoms. The van der Waals surface area contributed by atoms with E-state index in [0.717, 1.165) is 24.2 Å². The predicted octanol–water partition coefficient (Wildman–Crippen LogP) is -1.34. The third kappa shape index (κ3) is 14.5. The Morgan fingerprint density at radius 1 is 0.771 bits per heavy atom. The lowest BCUT2D eigenvalue weighted by Crippen LogP contribution is -2.51. The number of ether oxygens (including phenoxy) is 1. The molecule has 18 heteroatoms. The fraction of sp³-hybridized carbons (Fsp3) is 0.467. The first-order valence-corrected chi connectivity index (χ1v) is 14.7. The topological polar surface area (TPSA) is 252 Å². The number of methoxy groups -OCH3 is 1. The van der Waals surface area contributed by atoms with Gasteiger partial charge >= 0.3 is 29.8 Å². The second-order valence-corrected chi connectivity index (χ2v) is 10.9. The van der Waals surface area contributed by atoms with Crippen LogP contribution in [0.4, 0.5) is 5.69 Å². The highest BCUT2D eigenvalue weighted by Crippen LogP contribution is 2.16. The smallest absolute Gasteiger partial charge is 0.319 e. The molecule has 0 radical (unpaired) electrons. The van der Waals surface area contributed by atoms with Crippen molar-refractivity contribution in [2.24, 2.45) is 0 Å². The van der Waals surface area contributed by atoms with E-state index in [-0.39, 0.29) is 57.9 Å². The van der Waals surface area contributed by atoms with E-state index in [0.29, 0.717) is 11.3 Å². The number of hydrogen-bond donors (Lipinski definition) is 5. The fourth-order valence-electron chi connectivity index (χ4n) is 4.90. The average molecular weight is 678 g/mol. The van der Waals surface area contributed by atoms with E-state index in [1.54, 1.807) is 24.3 Å². The summed E-state index contributed by atoms with van der Waals surface area (Å²) in [7, 11) is 1.13. The van der Waals surface area contributed by atoms with Crippen LogP contribution in [0.25, 0.3) is 0 Å². The van der Waals surface area contributed by atoms with Gasteiger partial charge in [-0.2, -0.15) is 0 Å². The summed E-state index contributed by atoms with van der Waals surface area (Å²) in [6.07, 6.45) is 2.66. The molecular weight excluding hydrogens is 638 g/mol. The van der Waals surface area contributed by atoms with E-state index in [9.17, 15) is 58.8 Å². The van der Waals surface area contributed by atoms with Gasteiger partial charge in [0, 0.05) is 56.5 Å². The number of nitrogens with zero attached hydrogens (tertiary/aromatic N) is 4. The van der Waals surface area contributed by atoms with Gasteiger partial charge in [-0.3, -0.25) is 58.0 Å². The third-order valence-electron chi connectivity index (χ3n) is 7.09.